The standard InChI is InChI=1S/C5H6N2O2/c6-7-2-1-4(8)3-5(7)9/h1-2H,3,6H2. The molecular formula is C5H6N2O2. The van der Waals surface area contributed by atoms with Crippen LogP contribution >= 0.6 is 0 Å². The molecule has 0 aromatic rings. The molecule has 0 spiro atoms. The molecule has 1 rings (SSSR count). The Morgan fingerprint density at radius 3 is 2.67 bits per heavy atom. The number of hydrogen-bond donors (Lipinski definition) is 1. The molecule has 1 amide bonds. The largest absolute Gasteiger partial charge is 0.294 e. The minimum absolute atomic E-state index is 0.104. The number of allylic oxidation sites excluding steroid dienone is 1. The van der Waals surface area contributed by atoms with E-state index >= 15 is 0 Å². The minimum Gasteiger partial charge on any atom is -0.294 e. The zero-order valence-corrected chi connectivity index (χ0v) is 4.70. The van der Waals surface area contributed by atoms with E-state index in [9.17, 15) is 9.59 Å². The summed E-state index contributed by atoms with van der Waals surface area (Å²) < 4.78 is 0. The van der Waals surface area contributed by atoms with Crippen LogP contribution in [-0.2, 0) is 9.59 Å². The Labute approximate surface area is 51.9 Å². The van der Waals surface area contributed by atoms with Crippen LogP contribution in [0.1, 0.15) is 6.42 Å². The van der Waals surface area contributed by atoms with Crippen molar-refractivity contribution in [2.24, 2.45) is 5.84 Å². The van der Waals surface area contributed by atoms with Crippen molar-refractivity contribution in [3.63, 3.8) is 0 Å². The summed E-state index contributed by atoms with van der Waals surface area (Å²) in [5, 5.41) is 0.904. The fourth-order valence-electron chi connectivity index (χ4n) is 0.546. The summed E-state index contributed by atoms with van der Waals surface area (Å²) in [4.78, 5) is 21.0. The molecule has 0 saturated heterocycles. The van der Waals surface area contributed by atoms with Crippen molar-refractivity contribution in [1.29, 1.82) is 0 Å². The van der Waals surface area contributed by atoms with Gasteiger partial charge in [0.15, 0.2) is 5.78 Å². The lowest BCUT2D eigenvalue weighted by Crippen LogP contribution is -2.36. The molecule has 2 N–H and O–H groups in total. The van der Waals surface area contributed by atoms with Crippen molar-refractivity contribution >= 4 is 11.7 Å². The topological polar surface area (TPSA) is 63.4 Å². The van der Waals surface area contributed by atoms with Gasteiger partial charge in [0.2, 0.25) is 5.91 Å². The quantitative estimate of drug-likeness (QED) is 0.262. The lowest BCUT2D eigenvalue weighted by atomic mass is 10.2. The summed E-state index contributed by atoms with van der Waals surface area (Å²) in [5.74, 6) is 4.53. The summed E-state index contributed by atoms with van der Waals surface area (Å²) in [6.45, 7) is 0. The van der Waals surface area contributed by atoms with Crippen molar-refractivity contribution in [2.45, 2.75) is 6.42 Å². The Balaban J connectivity index is 2.76. The first kappa shape index (κ1) is 5.97. The summed E-state index contributed by atoms with van der Waals surface area (Å²) in [5.41, 5.74) is 0. The number of hydrazine groups is 1. The fraction of sp³-hybridized carbons (Fsp3) is 0.200. The van der Waals surface area contributed by atoms with Crippen LogP contribution in [0.5, 0.6) is 0 Å². The Morgan fingerprint density at radius 2 is 2.22 bits per heavy atom. The molecule has 4 nitrogen and oxygen atoms in total. The first-order valence-electron chi connectivity index (χ1n) is 2.48. The molecule has 1 aliphatic heterocycles. The summed E-state index contributed by atoms with van der Waals surface area (Å²) in [7, 11) is 0. The van der Waals surface area contributed by atoms with Gasteiger partial charge in [-0.3, -0.25) is 14.6 Å². The second-order valence-electron chi connectivity index (χ2n) is 1.76. The van der Waals surface area contributed by atoms with Gasteiger partial charge < -0.3 is 0 Å². The van der Waals surface area contributed by atoms with Gasteiger partial charge in [0.1, 0.15) is 0 Å². The molecule has 0 atom stereocenters. The zero-order valence-electron chi connectivity index (χ0n) is 4.70. The number of carbonyl (C=O) groups is 2. The van der Waals surface area contributed by atoms with E-state index in [2.05, 4.69) is 0 Å². The van der Waals surface area contributed by atoms with Crippen LogP contribution in [0.4, 0.5) is 0 Å². The van der Waals surface area contributed by atoms with E-state index in [4.69, 9.17) is 5.84 Å². The number of carbonyl (C=O) groups excluding carboxylic acids is 2. The Morgan fingerprint density at radius 1 is 1.56 bits per heavy atom. The Hall–Kier alpha value is -1.16. The third-order valence-corrected chi connectivity index (χ3v) is 1.03. The molecule has 0 aliphatic carbocycles. The number of ketones is 1. The summed E-state index contributed by atoms with van der Waals surface area (Å²) >= 11 is 0. The smallest absolute Gasteiger partial charge is 0.248 e. The van der Waals surface area contributed by atoms with Gasteiger partial charge >= 0.3 is 0 Å². The molecule has 4 heteroatoms. The average molecular weight is 126 g/mol. The highest BCUT2D eigenvalue weighted by atomic mass is 16.2. The number of amides is 1. The van der Waals surface area contributed by atoms with Crippen molar-refractivity contribution in [3.8, 4) is 0 Å². The first-order chi connectivity index (χ1) is 4.20. The van der Waals surface area contributed by atoms with Gasteiger partial charge in [-0.25, -0.2) is 5.84 Å². The molecule has 48 valence electrons. The second-order valence-corrected chi connectivity index (χ2v) is 1.76. The Bertz CT molecular complexity index is 185. The normalized spacial score (nSPS) is 19.0. The monoisotopic (exact) mass is 126 g/mol. The maximum absolute atomic E-state index is 10.5. The molecule has 0 unspecified atom stereocenters. The zero-order chi connectivity index (χ0) is 6.85. The van der Waals surface area contributed by atoms with Crippen LogP contribution in [0.15, 0.2) is 12.3 Å². The molecule has 0 saturated carbocycles. The van der Waals surface area contributed by atoms with E-state index in [1.165, 1.54) is 12.3 Å². The average Bonchev–Trinajstić information content (AvgIpc) is 1.80. The molecule has 0 aromatic carbocycles. The third-order valence-electron chi connectivity index (χ3n) is 1.03. The van der Waals surface area contributed by atoms with Crippen molar-refractivity contribution in [3.05, 3.63) is 12.3 Å². The van der Waals surface area contributed by atoms with Gasteiger partial charge in [-0.05, 0) is 6.08 Å². The van der Waals surface area contributed by atoms with Crippen molar-refractivity contribution < 1.29 is 9.59 Å². The van der Waals surface area contributed by atoms with Gasteiger partial charge in [0.05, 0.1) is 6.42 Å². The molecule has 0 aromatic heterocycles. The van der Waals surface area contributed by atoms with Crippen LogP contribution in [-0.4, -0.2) is 16.7 Å². The summed E-state index contributed by atoms with van der Waals surface area (Å²) in [6.07, 6.45) is 2.43. The fourth-order valence-corrected chi connectivity index (χ4v) is 0.546. The van der Waals surface area contributed by atoms with Crippen LogP contribution in [0.25, 0.3) is 0 Å². The SMILES string of the molecule is NN1C=CC(=O)CC1=O. The van der Waals surface area contributed by atoms with Crippen LogP contribution in [0.3, 0.4) is 0 Å². The van der Waals surface area contributed by atoms with E-state index in [1.807, 2.05) is 0 Å². The van der Waals surface area contributed by atoms with Gasteiger partial charge in [0, 0.05) is 6.20 Å². The number of hydrogen-bond acceptors (Lipinski definition) is 3. The first-order valence-corrected chi connectivity index (χ1v) is 2.48. The molecule has 0 radical (unpaired) electrons. The molecule has 1 heterocycles. The maximum atomic E-state index is 10.5. The molecule has 1 aliphatic rings. The van der Waals surface area contributed by atoms with E-state index in [0.29, 0.717) is 0 Å². The molecule has 0 bridgehead atoms. The summed E-state index contributed by atoms with van der Waals surface area (Å²) in [6, 6.07) is 0. The van der Waals surface area contributed by atoms with Crippen molar-refractivity contribution in [2.75, 3.05) is 0 Å². The van der Waals surface area contributed by atoms with E-state index in [1.54, 1.807) is 0 Å². The number of rotatable bonds is 0. The predicted octanol–water partition coefficient (Wildman–Crippen LogP) is -0.825. The van der Waals surface area contributed by atoms with Gasteiger partial charge in [-0.15, -0.1) is 0 Å². The van der Waals surface area contributed by atoms with Crippen LogP contribution < -0.4 is 5.84 Å². The van der Waals surface area contributed by atoms with Gasteiger partial charge in [-0.1, -0.05) is 0 Å². The van der Waals surface area contributed by atoms with Crippen molar-refractivity contribution in [1.82, 2.24) is 5.01 Å². The Kier molecular flexibility index (Phi) is 1.32. The second kappa shape index (κ2) is 1.99. The highest BCUT2D eigenvalue weighted by Gasteiger charge is 2.15. The van der Waals surface area contributed by atoms with Crippen LogP contribution in [0, 0.1) is 0 Å². The number of nitrogens with two attached hydrogens (primary N) is 1. The van der Waals surface area contributed by atoms with Gasteiger partial charge in [0.25, 0.3) is 0 Å². The maximum Gasteiger partial charge on any atom is 0.248 e. The predicted molar refractivity (Wildman–Crippen MR) is 29.8 cm³/mol. The highest BCUT2D eigenvalue weighted by molar-refractivity contribution is 6.06. The molecule has 0 fully saturated rings. The lowest BCUT2D eigenvalue weighted by molar-refractivity contribution is -0.133. The third kappa shape index (κ3) is 1.14. The van der Waals surface area contributed by atoms with Crippen LogP contribution in [0.2, 0.25) is 0 Å². The van der Waals surface area contributed by atoms with E-state index < -0.39 is 0 Å². The highest BCUT2D eigenvalue weighted by Crippen LogP contribution is 1.98. The van der Waals surface area contributed by atoms with Gasteiger partial charge in [-0.2, -0.15) is 0 Å². The van der Waals surface area contributed by atoms with E-state index in [0.717, 1.165) is 5.01 Å². The van der Waals surface area contributed by atoms with E-state index in [-0.39, 0.29) is 18.1 Å². The molecular weight excluding hydrogens is 120 g/mol. The minimum atomic E-state index is -0.359. The number of nitrogens with zero attached hydrogens (tertiary/aromatic N) is 1. The molecule has 9 heavy (non-hydrogen) atoms. The lowest BCUT2D eigenvalue weighted by Gasteiger charge is -2.13.